The standard InChI is InChI=1S/C22H35N5O2/c1-3-14-29-20-18(10-7-12-24-20)15-25-22(23-4-2)26-19-11-13-27(16-19)21(28)17-8-5-6-9-17/h7,10,12,17,19H,3-6,8-9,11,13-16H2,1-2H3,(H2,23,25,26). The zero-order chi connectivity index (χ0) is 20.5. The maximum Gasteiger partial charge on any atom is 0.225 e. The van der Waals surface area contributed by atoms with Crippen molar-refractivity contribution in [2.24, 2.45) is 10.9 Å². The number of nitrogens with zero attached hydrogens (tertiary/aromatic N) is 3. The third kappa shape index (κ3) is 6.08. The number of hydrogen-bond acceptors (Lipinski definition) is 4. The molecule has 1 saturated heterocycles. The summed E-state index contributed by atoms with van der Waals surface area (Å²) < 4.78 is 5.74. The number of likely N-dealkylation sites (tertiary alicyclic amines) is 1. The number of rotatable bonds is 8. The molecule has 160 valence electrons. The van der Waals surface area contributed by atoms with Crippen molar-refractivity contribution in [3.05, 3.63) is 23.9 Å². The van der Waals surface area contributed by atoms with Gasteiger partial charge >= 0.3 is 0 Å². The highest BCUT2D eigenvalue weighted by Crippen LogP contribution is 2.27. The Labute approximate surface area is 174 Å². The van der Waals surface area contributed by atoms with Crippen LogP contribution in [0.2, 0.25) is 0 Å². The van der Waals surface area contributed by atoms with Crippen LogP contribution in [0.3, 0.4) is 0 Å². The summed E-state index contributed by atoms with van der Waals surface area (Å²) in [4.78, 5) is 23.8. The number of carbonyl (C=O) groups is 1. The summed E-state index contributed by atoms with van der Waals surface area (Å²) in [5.74, 6) is 2.03. The van der Waals surface area contributed by atoms with Crippen LogP contribution in [0.25, 0.3) is 0 Å². The van der Waals surface area contributed by atoms with Crippen LogP contribution >= 0.6 is 0 Å². The number of ether oxygens (including phenoxy) is 1. The molecule has 0 aromatic carbocycles. The molecule has 1 aromatic rings. The molecular weight excluding hydrogens is 366 g/mol. The van der Waals surface area contributed by atoms with Crippen LogP contribution in [-0.4, -0.2) is 54.0 Å². The summed E-state index contributed by atoms with van der Waals surface area (Å²) in [6.07, 6.45) is 8.16. The van der Waals surface area contributed by atoms with Gasteiger partial charge in [-0.3, -0.25) is 4.79 Å². The molecule has 1 amide bonds. The molecule has 7 heteroatoms. The fourth-order valence-corrected chi connectivity index (χ4v) is 4.06. The number of hydrogen-bond donors (Lipinski definition) is 2. The Morgan fingerprint density at radius 3 is 2.90 bits per heavy atom. The topological polar surface area (TPSA) is 78.9 Å². The largest absolute Gasteiger partial charge is 0.477 e. The molecule has 2 N–H and O–H groups in total. The normalized spacial score (nSPS) is 20.1. The van der Waals surface area contributed by atoms with Crippen molar-refractivity contribution < 1.29 is 9.53 Å². The number of aliphatic imine (C=N–C) groups is 1. The van der Waals surface area contributed by atoms with Gasteiger partial charge in [0, 0.05) is 43.4 Å². The highest BCUT2D eigenvalue weighted by Gasteiger charge is 2.32. The van der Waals surface area contributed by atoms with Crippen LogP contribution in [0.1, 0.15) is 57.9 Å². The molecule has 1 unspecified atom stereocenters. The van der Waals surface area contributed by atoms with Crippen molar-refractivity contribution in [3.63, 3.8) is 0 Å². The molecule has 7 nitrogen and oxygen atoms in total. The molecular formula is C22H35N5O2. The van der Waals surface area contributed by atoms with Crippen LogP contribution in [0.15, 0.2) is 23.3 Å². The third-order valence-corrected chi connectivity index (χ3v) is 5.59. The van der Waals surface area contributed by atoms with Gasteiger partial charge in [-0.2, -0.15) is 0 Å². The number of nitrogens with one attached hydrogen (secondary N) is 2. The lowest BCUT2D eigenvalue weighted by Gasteiger charge is -2.21. The van der Waals surface area contributed by atoms with Gasteiger partial charge < -0.3 is 20.3 Å². The fourth-order valence-electron chi connectivity index (χ4n) is 4.06. The van der Waals surface area contributed by atoms with Crippen molar-refractivity contribution in [2.45, 2.75) is 65.0 Å². The second-order valence-electron chi connectivity index (χ2n) is 7.91. The van der Waals surface area contributed by atoms with Gasteiger partial charge in [-0.1, -0.05) is 25.8 Å². The van der Waals surface area contributed by atoms with Gasteiger partial charge in [0.05, 0.1) is 13.2 Å². The smallest absolute Gasteiger partial charge is 0.225 e. The number of guanidine groups is 1. The van der Waals surface area contributed by atoms with E-state index in [1.807, 2.05) is 17.0 Å². The molecule has 1 aliphatic heterocycles. The minimum absolute atomic E-state index is 0.239. The minimum atomic E-state index is 0.239. The van der Waals surface area contributed by atoms with E-state index >= 15 is 0 Å². The first-order valence-corrected chi connectivity index (χ1v) is 11.1. The van der Waals surface area contributed by atoms with Gasteiger partial charge in [0.25, 0.3) is 0 Å². The lowest BCUT2D eigenvalue weighted by molar-refractivity contribution is -0.134. The quantitative estimate of drug-likeness (QED) is 0.517. The highest BCUT2D eigenvalue weighted by molar-refractivity contribution is 5.81. The van der Waals surface area contributed by atoms with E-state index < -0.39 is 0 Å². The molecule has 1 aliphatic carbocycles. The van der Waals surface area contributed by atoms with E-state index in [9.17, 15) is 4.79 Å². The number of carbonyl (C=O) groups excluding carboxylic acids is 1. The molecule has 3 rings (SSSR count). The zero-order valence-electron chi connectivity index (χ0n) is 17.8. The van der Waals surface area contributed by atoms with Crippen molar-refractivity contribution >= 4 is 11.9 Å². The number of pyridine rings is 1. The third-order valence-electron chi connectivity index (χ3n) is 5.59. The Balaban J connectivity index is 1.57. The van der Waals surface area contributed by atoms with Crippen molar-refractivity contribution in [3.8, 4) is 5.88 Å². The summed E-state index contributed by atoms with van der Waals surface area (Å²) >= 11 is 0. The van der Waals surface area contributed by atoms with Crippen molar-refractivity contribution in [1.82, 2.24) is 20.5 Å². The van der Waals surface area contributed by atoms with Gasteiger partial charge in [-0.15, -0.1) is 0 Å². The van der Waals surface area contributed by atoms with Crippen LogP contribution in [-0.2, 0) is 11.3 Å². The van der Waals surface area contributed by atoms with Crippen LogP contribution in [0.4, 0.5) is 0 Å². The molecule has 0 radical (unpaired) electrons. The molecule has 2 fully saturated rings. The second-order valence-corrected chi connectivity index (χ2v) is 7.91. The maximum absolute atomic E-state index is 12.7. The van der Waals surface area contributed by atoms with E-state index in [4.69, 9.17) is 9.73 Å². The summed E-state index contributed by atoms with van der Waals surface area (Å²) in [5, 5.41) is 6.82. The van der Waals surface area contributed by atoms with Gasteiger partial charge in [-0.25, -0.2) is 9.98 Å². The van der Waals surface area contributed by atoms with E-state index in [-0.39, 0.29) is 12.0 Å². The molecule has 0 bridgehead atoms. The Morgan fingerprint density at radius 2 is 2.14 bits per heavy atom. The van der Waals surface area contributed by atoms with E-state index in [1.165, 1.54) is 12.8 Å². The molecule has 2 aliphatic rings. The van der Waals surface area contributed by atoms with Crippen LogP contribution < -0.4 is 15.4 Å². The fraction of sp³-hybridized carbons (Fsp3) is 0.682. The SMILES string of the molecule is CCCOc1ncccc1CN=C(NCC)NC1CCN(C(=O)C2CCCC2)C1. The molecule has 1 aromatic heterocycles. The first-order valence-electron chi connectivity index (χ1n) is 11.1. The molecule has 1 saturated carbocycles. The predicted octanol–water partition coefficient (Wildman–Crippen LogP) is 2.72. The lowest BCUT2D eigenvalue weighted by Crippen LogP contribution is -2.45. The Hall–Kier alpha value is -2.31. The summed E-state index contributed by atoms with van der Waals surface area (Å²) in [7, 11) is 0. The Bertz CT molecular complexity index is 688. The van der Waals surface area contributed by atoms with Gasteiger partial charge in [0.15, 0.2) is 5.96 Å². The van der Waals surface area contributed by atoms with E-state index in [2.05, 4.69) is 29.5 Å². The Morgan fingerprint density at radius 1 is 1.31 bits per heavy atom. The van der Waals surface area contributed by atoms with Crippen molar-refractivity contribution in [1.29, 1.82) is 0 Å². The first kappa shape index (κ1) is 21.4. The number of aromatic nitrogens is 1. The summed E-state index contributed by atoms with van der Waals surface area (Å²) in [5.41, 5.74) is 0.975. The lowest BCUT2D eigenvalue weighted by atomic mass is 10.1. The predicted molar refractivity (Wildman–Crippen MR) is 115 cm³/mol. The van der Waals surface area contributed by atoms with Gasteiger partial charge in [-0.05, 0) is 38.7 Å². The van der Waals surface area contributed by atoms with Crippen molar-refractivity contribution in [2.75, 3.05) is 26.2 Å². The summed E-state index contributed by atoms with van der Waals surface area (Å²) in [6.45, 7) is 7.67. The van der Waals surface area contributed by atoms with E-state index in [0.29, 0.717) is 24.9 Å². The van der Waals surface area contributed by atoms with Gasteiger partial charge in [0.2, 0.25) is 11.8 Å². The van der Waals surface area contributed by atoms with E-state index in [0.717, 1.165) is 56.8 Å². The van der Waals surface area contributed by atoms with Crippen LogP contribution in [0.5, 0.6) is 5.88 Å². The second kappa shape index (κ2) is 11.0. The average molecular weight is 402 g/mol. The summed E-state index contributed by atoms with van der Waals surface area (Å²) in [6, 6.07) is 4.15. The first-order chi connectivity index (χ1) is 14.2. The molecule has 2 heterocycles. The number of amides is 1. The van der Waals surface area contributed by atoms with Gasteiger partial charge in [0.1, 0.15) is 0 Å². The molecule has 0 spiro atoms. The highest BCUT2D eigenvalue weighted by atomic mass is 16.5. The van der Waals surface area contributed by atoms with E-state index in [1.54, 1.807) is 6.20 Å². The average Bonchev–Trinajstić information content (AvgIpc) is 3.43. The van der Waals surface area contributed by atoms with Crippen LogP contribution in [0, 0.1) is 5.92 Å². The minimum Gasteiger partial charge on any atom is -0.477 e. The monoisotopic (exact) mass is 401 g/mol. The molecule has 29 heavy (non-hydrogen) atoms. The molecule has 1 atom stereocenters. The Kier molecular flexibility index (Phi) is 8.14. The maximum atomic E-state index is 12.7. The zero-order valence-corrected chi connectivity index (χ0v) is 17.8.